The fourth-order valence-electron chi connectivity index (χ4n) is 2.33. The lowest BCUT2D eigenvalue weighted by molar-refractivity contribution is -0.102. The summed E-state index contributed by atoms with van der Waals surface area (Å²) in [5.74, 6) is 0. The van der Waals surface area contributed by atoms with Gasteiger partial charge in [0.2, 0.25) is 0 Å². The molecule has 0 aliphatic rings. The summed E-state index contributed by atoms with van der Waals surface area (Å²) in [6, 6.07) is 0. The SMILES string of the molecule is CCC(O)COCC(C)(COCC(O)CC)COCC(CC)OCC(O)CC. The Morgan fingerprint density at radius 2 is 1.00 bits per heavy atom. The third-order valence-corrected chi connectivity index (χ3v) is 4.67. The molecule has 0 spiro atoms. The zero-order valence-electron chi connectivity index (χ0n) is 18.6. The molecule has 7 nitrogen and oxygen atoms in total. The van der Waals surface area contributed by atoms with Gasteiger partial charge in [0, 0.05) is 5.41 Å². The van der Waals surface area contributed by atoms with Crippen molar-refractivity contribution >= 4 is 0 Å². The van der Waals surface area contributed by atoms with E-state index in [4.69, 9.17) is 18.9 Å². The van der Waals surface area contributed by atoms with Crippen molar-refractivity contribution in [2.45, 2.75) is 84.7 Å². The molecule has 0 aromatic carbocycles. The van der Waals surface area contributed by atoms with E-state index in [0.717, 1.165) is 6.42 Å². The van der Waals surface area contributed by atoms with Crippen LogP contribution in [0.5, 0.6) is 0 Å². The molecule has 7 heteroatoms. The molecule has 0 aliphatic heterocycles. The van der Waals surface area contributed by atoms with E-state index in [1.54, 1.807) is 0 Å². The maximum Gasteiger partial charge on any atom is 0.0807 e. The van der Waals surface area contributed by atoms with E-state index >= 15 is 0 Å². The average Bonchev–Trinajstić information content (AvgIpc) is 2.69. The van der Waals surface area contributed by atoms with Crippen molar-refractivity contribution in [3.8, 4) is 0 Å². The van der Waals surface area contributed by atoms with Crippen molar-refractivity contribution in [3.05, 3.63) is 0 Å². The summed E-state index contributed by atoms with van der Waals surface area (Å²) < 4.78 is 23.0. The molecule has 0 heterocycles. The molecule has 0 saturated carbocycles. The van der Waals surface area contributed by atoms with Gasteiger partial charge in [-0.1, -0.05) is 34.6 Å². The van der Waals surface area contributed by atoms with E-state index in [-0.39, 0.29) is 19.3 Å². The third-order valence-electron chi connectivity index (χ3n) is 4.67. The minimum atomic E-state index is -0.476. The van der Waals surface area contributed by atoms with Gasteiger partial charge in [0.1, 0.15) is 0 Å². The van der Waals surface area contributed by atoms with Gasteiger partial charge >= 0.3 is 0 Å². The first-order valence-corrected chi connectivity index (χ1v) is 10.7. The fourth-order valence-corrected chi connectivity index (χ4v) is 2.33. The largest absolute Gasteiger partial charge is 0.391 e. The van der Waals surface area contributed by atoms with Gasteiger partial charge in [-0.05, 0) is 25.7 Å². The maximum absolute atomic E-state index is 9.68. The molecule has 0 rings (SSSR count). The minimum Gasteiger partial charge on any atom is -0.391 e. The monoisotopic (exact) mass is 408 g/mol. The number of hydrogen-bond acceptors (Lipinski definition) is 7. The molecule has 0 saturated heterocycles. The molecule has 4 atom stereocenters. The van der Waals surface area contributed by atoms with E-state index in [2.05, 4.69) is 0 Å². The van der Waals surface area contributed by atoms with Crippen molar-refractivity contribution in [2.75, 3.05) is 46.2 Å². The normalized spacial score (nSPS) is 18.4. The first-order valence-electron chi connectivity index (χ1n) is 10.7. The lowest BCUT2D eigenvalue weighted by Gasteiger charge is -2.30. The molecular formula is C21H44O7. The molecule has 0 aromatic heterocycles. The molecular weight excluding hydrogens is 364 g/mol. The predicted octanol–water partition coefficient (Wildman–Crippen LogP) is 2.15. The van der Waals surface area contributed by atoms with Crippen LogP contribution in [0, 0.1) is 5.41 Å². The summed E-state index contributed by atoms with van der Waals surface area (Å²) in [6.45, 7) is 12.2. The molecule has 0 fully saturated rings. The smallest absolute Gasteiger partial charge is 0.0807 e. The van der Waals surface area contributed by atoms with E-state index in [9.17, 15) is 15.3 Å². The van der Waals surface area contributed by atoms with E-state index in [1.807, 2.05) is 34.6 Å². The quantitative estimate of drug-likeness (QED) is 0.301. The van der Waals surface area contributed by atoms with Crippen molar-refractivity contribution in [1.82, 2.24) is 0 Å². The van der Waals surface area contributed by atoms with Crippen LogP contribution in [0.4, 0.5) is 0 Å². The van der Waals surface area contributed by atoms with Crippen LogP contribution in [-0.4, -0.2) is 86.0 Å². The van der Waals surface area contributed by atoms with Crippen LogP contribution in [0.15, 0.2) is 0 Å². The summed E-state index contributed by atoms with van der Waals surface area (Å²) in [4.78, 5) is 0. The second-order valence-corrected chi connectivity index (χ2v) is 7.91. The predicted molar refractivity (Wildman–Crippen MR) is 109 cm³/mol. The lowest BCUT2D eigenvalue weighted by Crippen LogP contribution is -2.37. The number of rotatable bonds is 19. The van der Waals surface area contributed by atoms with Crippen LogP contribution in [-0.2, 0) is 18.9 Å². The van der Waals surface area contributed by atoms with Crippen LogP contribution in [0.1, 0.15) is 60.3 Å². The first kappa shape index (κ1) is 27.7. The summed E-state index contributed by atoms with van der Waals surface area (Å²) in [7, 11) is 0. The van der Waals surface area contributed by atoms with Gasteiger partial charge in [-0.3, -0.25) is 0 Å². The second-order valence-electron chi connectivity index (χ2n) is 7.91. The standard InChI is InChI=1S/C21H44O7/c1-6-17(22)10-25-14-21(5,15-26-11-18(23)7-2)16-27-13-20(9-4)28-12-19(24)8-3/h17-20,22-24H,6-16H2,1-5H3. The van der Waals surface area contributed by atoms with Gasteiger partial charge in [-0.2, -0.15) is 0 Å². The Bertz CT molecular complexity index is 338. The van der Waals surface area contributed by atoms with Crippen LogP contribution in [0.3, 0.4) is 0 Å². The zero-order chi connectivity index (χ0) is 21.4. The number of hydrogen-bond donors (Lipinski definition) is 3. The first-order chi connectivity index (χ1) is 13.3. The van der Waals surface area contributed by atoms with E-state index < -0.39 is 23.7 Å². The van der Waals surface area contributed by atoms with Crippen LogP contribution < -0.4 is 0 Å². The van der Waals surface area contributed by atoms with Gasteiger partial charge < -0.3 is 34.3 Å². The van der Waals surface area contributed by atoms with Crippen molar-refractivity contribution < 1.29 is 34.3 Å². The molecule has 0 aliphatic carbocycles. The van der Waals surface area contributed by atoms with Gasteiger partial charge in [-0.25, -0.2) is 0 Å². The highest BCUT2D eigenvalue weighted by Crippen LogP contribution is 2.20. The summed E-state index contributed by atoms with van der Waals surface area (Å²) >= 11 is 0. The molecule has 0 bridgehead atoms. The van der Waals surface area contributed by atoms with Crippen molar-refractivity contribution in [3.63, 3.8) is 0 Å². The second kappa shape index (κ2) is 16.5. The summed E-state index contributed by atoms with van der Waals surface area (Å²) in [5, 5.41) is 29.0. The maximum atomic E-state index is 9.68. The van der Waals surface area contributed by atoms with Crippen molar-refractivity contribution in [1.29, 1.82) is 0 Å². The van der Waals surface area contributed by atoms with E-state index in [1.165, 1.54) is 0 Å². The number of aliphatic hydroxyl groups excluding tert-OH is 3. The Morgan fingerprint density at radius 1 is 0.607 bits per heavy atom. The van der Waals surface area contributed by atoms with Crippen molar-refractivity contribution in [2.24, 2.45) is 5.41 Å². The highest BCUT2D eigenvalue weighted by molar-refractivity contribution is 4.74. The third kappa shape index (κ3) is 13.8. The molecule has 0 radical (unpaired) electrons. The topological polar surface area (TPSA) is 97.6 Å². The molecule has 0 amide bonds. The molecule has 28 heavy (non-hydrogen) atoms. The lowest BCUT2D eigenvalue weighted by atomic mass is 9.94. The average molecular weight is 409 g/mol. The van der Waals surface area contributed by atoms with Gasteiger partial charge in [0.05, 0.1) is 70.7 Å². The molecule has 4 unspecified atom stereocenters. The van der Waals surface area contributed by atoms with Gasteiger partial charge in [-0.15, -0.1) is 0 Å². The summed E-state index contributed by atoms with van der Waals surface area (Å²) in [5.41, 5.74) is -0.401. The van der Waals surface area contributed by atoms with Gasteiger partial charge in [0.15, 0.2) is 0 Å². The Hall–Kier alpha value is -0.280. The van der Waals surface area contributed by atoms with Crippen LogP contribution >= 0.6 is 0 Å². The Kier molecular flexibility index (Phi) is 16.3. The molecule has 0 aromatic rings. The van der Waals surface area contributed by atoms with Crippen LogP contribution in [0.25, 0.3) is 0 Å². The summed E-state index contributed by atoms with van der Waals surface area (Å²) in [6.07, 6.45) is 1.28. The Morgan fingerprint density at radius 3 is 1.39 bits per heavy atom. The molecule has 170 valence electrons. The fraction of sp³-hybridized carbons (Fsp3) is 1.00. The Balaban J connectivity index is 4.50. The Labute approximate surface area is 171 Å². The highest BCUT2D eigenvalue weighted by atomic mass is 16.5. The highest BCUT2D eigenvalue weighted by Gasteiger charge is 2.27. The zero-order valence-corrected chi connectivity index (χ0v) is 18.6. The van der Waals surface area contributed by atoms with E-state index in [0.29, 0.717) is 52.3 Å². The molecule has 3 N–H and O–H groups in total. The van der Waals surface area contributed by atoms with Gasteiger partial charge in [0.25, 0.3) is 0 Å². The number of ether oxygens (including phenoxy) is 4. The number of aliphatic hydroxyl groups is 3. The minimum absolute atomic E-state index is 0.0730. The van der Waals surface area contributed by atoms with Crippen LogP contribution in [0.2, 0.25) is 0 Å².